The fourth-order valence-corrected chi connectivity index (χ4v) is 3.20. The van der Waals surface area contributed by atoms with Crippen molar-refractivity contribution in [3.63, 3.8) is 0 Å². The van der Waals surface area contributed by atoms with Crippen LogP contribution in [0.25, 0.3) is 0 Å². The predicted molar refractivity (Wildman–Crippen MR) is 121 cm³/mol. The van der Waals surface area contributed by atoms with Gasteiger partial charge in [-0.25, -0.2) is 9.59 Å². The number of hydrogen-bond acceptors (Lipinski definition) is 8. The summed E-state index contributed by atoms with van der Waals surface area (Å²) in [6.45, 7) is 3.53. The second-order valence-electron chi connectivity index (χ2n) is 8.13. The minimum absolute atomic E-state index is 0.00697. The Hall–Kier alpha value is -3.96. The number of alkyl carbamates (subject to hydrolysis) is 1. The number of hydrogen-bond donors (Lipinski definition) is 3. The third-order valence-electron chi connectivity index (χ3n) is 5.45. The van der Waals surface area contributed by atoms with Gasteiger partial charge in [-0.3, -0.25) is 19.2 Å². The van der Waals surface area contributed by atoms with Gasteiger partial charge in [0.25, 0.3) is 11.8 Å². The van der Waals surface area contributed by atoms with Crippen molar-refractivity contribution in [1.29, 1.82) is 0 Å². The van der Waals surface area contributed by atoms with Gasteiger partial charge in [-0.1, -0.05) is 50.6 Å². The lowest BCUT2D eigenvalue weighted by molar-refractivity contribution is -0.199. The van der Waals surface area contributed by atoms with Crippen LogP contribution in [0.1, 0.15) is 51.5 Å². The van der Waals surface area contributed by atoms with E-state index < -0.39 is 47.8 Å². The largest absolute Gasteiger partial charge is 0.445 e. The minimum Gasteiger partial charge on any atom is -0.445 e. The van der Waals surface area contributed by atoms with Gasteiger partial charge in [0, 0.05) is 19.3 Å². The first-order valence-electron chi connectivity index (χ1n) is 11.3. The van der Waals surface area contributed by atoms with Crippen LogP contribution >= 0.6 is 0 Å². The molecule has 0 aromatic heterocycles. The van der Waals surface area contributed by atoms with Crippen molar-refractivity contribution < 1.29 is 38.3 Å². The zero-order valence-corrected chi connectivity index (χ0v) is 19.7. The number of nitrogens with one attached hydrogen (secondary N) is 2. The van der Waals surface area contributed by atoms with Crippen LogP contribution in [0, 0.1) is 5.92 Å². The molecule has 2 rings (SSSR count). The zero-order chi connectivity index (χ0) is 26.0. The number of amides is 5. The van der Waals surface area contributed by atoms with Crippen LogP contribution in [-0.2, 0) is 40.2 Å². The van der Waals surface area contributed by atoms with Crippen LogP contribution < -0.4 is 16.4 Å². The van der Waals surface area contributed by atoms with E-state index in [2.05, 4.69) is 10.6 Å². The number of carbonyl (C=O) groups excluding carboxylic acids is 6. The van der Waals surface area contributed by atoms with Crippen LogP contribution in [-0.4, -0.2) is 52.8 Å². The number of carbonyl (C=O) groups is 6. The fourth-order valence-electron chi connectivity index (χ4n) is 3.20. The lowest BCUT2D eigenvalue weighted by atomic mass is 9.98. The molecule has 1 aromatic rings. The van der Waals surface area contributed by atoms with Gasteiger partial charge in [0.1, 0.15) is 18.7 Å². The van der Waals surface area contributed by atoms with E-state index in [9.17, 15) is 28.8 Å². The highest BCUT2D eigenvalue weighted by molar-refractivity contribution is 6.02. The van der Waals surface area contributed by atoms with E-state index in [1.807, 2.05) is 13.0 Å². The average molecular weight is 491 g/mol. The summed E-state index contributed by atoms with van der Waals surface area (Å²) >= 11 is 0. The van der Waals surface area contributed by atoms with Gasteiger partial charge in [0.2, 0.25) is 11.8 Å². The standard InChI is InChI=1S/C23H30N4O8/c1-3-14(2)20(26-23(33)34-13-15-7-5-4-6-8-15)21(31)25-16(9-10-17(24)28)22(32)35-27-18(29)11-12-19(27)30/h4-8,14,16,20H,3,9-13H2,1-2H3,(H2,24,28)(H,25,31)(H,26,33)/t14-,16-,20-/m0/s1. The second-order valence-corrected chi connectivity index (χ2v) is 8.13. The molecule has 12 heteroatoms. The first-order valence-corrected chi connectivity index (χ1v) is 11.3. The molecule has 1 aliphatic heterocycles. The Morgan fingerprint density at radius 2 is 1.69 bits per heavy atom. The van der Waals surface area contributed by atoms with Gasteiger partial charge < -0.3 is 25.9 Å². The lowest BCUT2D eigenvalue weighted by Crippen LogP contribution is -2.55. The first-order chi connectivity index (χ1) is 16.6. The molecule has 0 aliphatic carbocycles. The monoisotopic (exact) mass is 490 g/mol. The lowest BCUT2D eigenvalue weighted by Gasteiger charge is -2.26. The molecule has 0 radical (unpaired) electrons. The number of benzene rings is 1. The minimum atomic E-state index is -1.40. The maximum Gasteiger partial charge on any atom is 0.408 e. The number of nitrogens with zero attached hydrogens (tertiary/aromatic N) is 1. The topological polar surface area (TPSA) is 174 Å². The molecule has 190 valence electrons. The number of primary amides is 1. The highest BCUT2D eigenvalue weighted by atomic mass is 16.7. The van der Waals surface area contributed by atoms with Gasteiger partial charge in [-0.2, -0.15) is 0 Å². The SMILES string of the molecule is CC[C@H](C)[C@H](NC(=O)OCc1ccccc1)C(=O)N[C@@H](CCC(N)=O)C(=O)ON1C(=O)CCC1=O. The Labute approximate surface area is 202 Å². The van der Waals surface area contributed by atoms with E-state index in [1.165, 1.54) is 0 Å². The summed E-state index contributed by atoms with van der Waals surface area (Å²) in [4.78, 5) is 77.6. The maximum atomic E-state index is 13.0. The van der Waals surface area contributed by atoms with E-state index in [4.69, 9.17) is 15.3 Å². The third kappa shape index (κ3) is 8.40. The van der Waals surface area contributed by atoms with Gasteiger partial charge in [-0.15, -0.1) is 5.06 Å². The summed E-state index contributed by atoms with van der Waals surface area (Å²) in [6, 6.07) is 6.48. The molecule has 35 heavy (non-hydrogen) atoms. The van der Waals surface area contributed by atoms with Crippen LogP contribution in [0.3, 0.4) is 0 Å². The quantitative estimate of drug-likeness (QED) is 0.359. The smallest absolute Gasteiger partial charge is 0.408 e. The molecule has 0 saturated carbocycles. The van der Waals surface area contributed by atoms with E-state index >= 15 is 0 Å². The van der Waals surface area contributed by atoms with E-state index in [-0.39, 0.29) is 38.2 Å². The highest BCUT2D eigenvalue weighted by Gasteiger charge is 2.36. The normalized spacial score (nSPS) is 15.7. The summed E-state index contributed by atoms with van der Waals surface area (Å²) in [5.41, 5.74) is 5.92. The molecular weight excluding hydrogens is 460 g/mol. The van der Waals surface area contributed by atoms with Crippen LogP contribution in [0.15, 0.2) is 30.3 Å². The van der Waals surface area contributed by atoms with Crippen molar-refractivity contribution in [3.8, 4) is 0 Å². The van der Waals surface area contributed by atoms with Crippen molar-refractivity contribution in [2.45, 2.75) is 64.6 Å². The van der Waals surface area contributed by atoms with Crippen LogP contribution in [0.4, 0.5) is 4.79 Å². The first kappa shape index (κ1) is 27.3. The molecule has 0 spiro atoms. The van der Waals surface area contributed by atoms with Crippen molar-refractivity contribution in [2.75, 3.05) is 0 Å². The summed E-state index contributed by atoms with van der Waals surface area (Å²) in [6.07, 6.45) is -1.04. The Kier molecular flexibility index (Phi) is 10.2. The summed E-state index contributed by atoms with van der Waals surface area (Å²) in [5.74, 6) is -4.31. The number of hydroxylamine groups is 2. The molecule has 5 amide bonds. The molecule has 1 saturated heterocycles. The Morgan fingerprint density at radius 3 is 2.26 bits per heavy atom. The van der Waals surface area contributed by atoms with Gasteiger partial charge >= 0.3 is 12.1 Å². The van der Waals surface area contributed by atoms with Crippen molar-refractivity contribution >= 4 is 35.7 Å². The van der Waals surface area contributed by atoms with Gasteiger partial charge in [-0.05, 0) is 17.9 Å². The molecular formula is C23H30N4O8. The number of imide groups is 1. The molecule has 0 unspecified atom stereocenters. The van der Waals surface area contributed by atoms with E-state index in [0.29, 0.717) is 11.5 Å². The Bertz CT molecular complexity index is 936. The third-order valence-corrected chi connectivity index (χ3v) is 5.45. The average Bonchev–Trinajstić information content (AvgIpc) is 3.15. The molecule has 3 atom stereocenters. The molecule has 12 nitrogen and oxygen atoms in total. The van der Waals surface area contributed by atoms with Crippen LogP contribution in [0.2, 0.25) is 0 Å². The molecule has 4 N–H and O–H groups in total. The molecule has 0 bridgehead atoms. The van der Waals surface area contributed by atoms with Crippen molar-refractivity contribution in [3.05, 3.63) is 35.9 Å². The van der Waals surface area contributed by atoms with Crippen LogP contribution in [0.5, 0.6) is 0 Å². The summed E-state index contributed by atoms with van der Waals surface area (Å²) < 4.78 is 5.18. The molecule has 1 aliphatic rings. The number of rotatable bonds is 12. The Balaban J connectivity index is 2.07. The molecule has 1 fully saturated rings. The molecule has 1 aromatic carbocycles. The van der Waals surface area contributed by atoms with Crippen molar-refractivity contribution in [1.82, 2.24) is 15.7 Å². The van der Waals surface area contributed by atoms with Crippen molar-refractivity contribution in [2.24, 2.45) is 11.7 Å². The van der Waals surface area contributed by atoms with Gasteiger partial charge in [0.15, 0.2) is 0 Å². The number of ether oxygens (including phenoxy) is 1. The predicted octanol–water partition coefficient (Wildman–Crippen LogP) is 0.685. The maximum absolute atomic E-state index is 13.0. The summed E-state index contributed by atoms with van der Waals surface area (Å²) in [7, 11) is 0. The zero-order valence-electron chi connectivity index (χ0n) is 19.7. The van der Waals surface area contributed by atoms with E-state index in [1.54, 1.807) is 31.2 Å². The fraction of sp³-hybridized carbons (Fsp3) is 0.478. The second kappa shape index (κ2) is 13.1. The summed E-state index contributed by atoms with van der Waals surface area (Å²) in [5, 5.41) is 5.27. The number of nitrogens with two attached hydrogens (primary N) is 1. The van der Waals surface area contributed by atoms with E-state index in [0.717, 1.165) is 5.56 Å². The molecule has 1 heterocycles. The highest BCUT2D eigenvalue weighted by Crippen LogP contribution is 2.15. The van der Waals surface area contributed by atoms with Gasteiger partial charge in [0.05, 0.1) is 0 Å². The Morgan fingerprint density at radius 1 is 1.06 bits per heavy atom.